The summed E-state index contributed by atoms with van der Waals surface area (Å²) in [6.45, 7) is 0. The summed E-state index contributed by atoms with van der Waals surface area (Å²) < 4.78 is 3.20. The molecule has 0 spiro atoms. The summed E-state index contributed by atoms with van der Waals surface area (Å²) in [6.07, 6.45) is 3.79. The molecule has 4 aromatic rings. The fourth-order valence-corrected chi connectivity index (χ4v) is 2.98. The third-order valence-corrected chi connectivity index (χ3v) is 4.48. The van der Waals surface area contributed by atoms with Crippen LogP contribution in [0.15, 0.2) is 79.1 Å². The van der Waals surface area contributed by atoms with Crippen LogP contribution in [0.4, 0.5) is 11.5 Å². The lowest BCUT2D eigenvalue weighted by Crippen LogP contribution is -2.16. The molecule has 8 heteroatoms. The lowest BCUT2D eigenvalue weighted by molar-refractivity contribution is -0.115. The fourth-order valence-electron chi connectivity index (χ4n) is 2.98. The van der Waals surface area contributed by atoms with Crippen molar-refractivity contribution in [1.29, 1.82) is 0 Å². The molecule has 0 aliphatic heterocycles. The molecule has 150 valence electrons. The van der Waals surface area contributed by atoms with Crippen molar-refractivity contribution in [2.24, 2.45) is 7.05 Å². The maximum Gasteiger partial charge on any atom is 0.276 e. The minimum atomic E-state index is -0.360. The Kier molecular flexibility index (Phi) is 5.38. The van der Waals surface area contributed by atoms with Crippen molar-refractivity contribution >= 4 is 23.3 Å². The molecule has 0 fully saturated rings. The van der Waals surface area contributed by atoms with Gasteiger partial charge in [-0.15, -0.1) is 0 Å². The number of carbonyl (C=O) groups is 2. The smallest absolute Gasteiger partial charge is 0.276 e. The van der Waals surface area contributed by atoms with Crippen molar-refractivity contribution in [3.63, 3.8) is 0 Å². The number of nitrogens with zero attached hydrogens (tertiary/aromatic N) is 4. The Balaban J connectivity index is 1.39. The summed E-state index contributed by atoms with van der Waals surface area (Å²) in [4.78, 5) is 24.8. The average molecular weight is 400 g/mol. The molecule has 0 aliphatic carbocycles. The van der Waals surface area contributed by atoms with Crippen LogP contribution in [0.25, 0.3) is 5.69 Å². The third kappa shape index (κ3) is 4.44. The first-order chi connectivity index (χ1) is 14.6. The van der Waals surface area contributed by atoms with Crippen molar-refractivity contribution < 1.29 is 9.59 Å². The van der Waals surface area contributed by atoms with Crippen molar-refractivity contribution in [3.05, 3.63) is 90.4 Å². The molecular weight excluding hydrogens is 380 g/mol. The highest BCUT2D eigenvalue weighted by Gasteiger charge is 2.15. The van der Waals surface area contributed by atoms with Gasteiger partial charge in [0.05, 0.1) is 12.1 Å². The van der Waals surface area contributed by atoms with E-state index < -0.39 is 0 Å². The topological polar surface area (TPSA) is 93.8 Å². The largest absolute Gasteiger partial charge is 0.321 e. The molecule has 2 heterocycles. The number of hydrogen-bond acceptors (Lipinski definition) is 4. The van der Waals surface area contributed by atoms with E-state index in [0.717, 1.165) is 11.3 Å². The first kappa shape index (κ1) is 19.1. The third-order valence-electron chi connectivity index (χ3n) is 4.48. The van der Waals surface area contributed by atoms with Gasteiger partial charge in [-0.3, -0.25) is 14.3 Å². The highest BCUT2D eigenvalue weighted by molar-refractivity contribution is 6.04. The van der Waals surface area contributed by atoms with Gasteiger partial charge in [-0.05, 0) is 35.9 Å². The van der Waals surface area contributed by atoms with Gasteiger partial charge in [-0.1, -0.05) is 30.3 Å². The fraction of sp³-hybridized carbons (Fsp3) is 0.0909. The van der Waals surface area contributed by atoms with E-state index in [1.165, 1.54) is 4.68 Å². The lowest BCUT2D eigenvalue weighted by atomic mass is 10.1. The molecule has 30 heavy (non-hydrogen) atoms. The van der Waals surface area contributed by atoms with E-state index >= 15 is 0 Å². The van der Waals surface area contributed by atoms with Crippen LogP contribution in [0.1, 0.15) is 16.1 Å². The molecule has 0 saturated carbocycles. The molecule has 2 aromatic carbocycles. The molecule has 2 amide bonds. The minimum absolute atomic E-state index is 0.176. The highest BCUT2D eigenvalue weighted by Crippen LogP contribution is 2.15. The molecule has 0 aliphatic rings. The SMILES string of the molecule is Cn1nc(C(=O)Nc2ccc(-n3cccn3)cc2)cc1NC(=O)Cc1ccccc1. The first-order valence-corrected chi connectivity index (χ1v) is 9.38. The Labute approximate surface area is 173 Å². The van der Waals surface area contributed by atoms with Crippen LogP contribution >= 0.6 is 0 Å². The number of carbonyl (C=O) groups excluding carboxylic acids is 2. The van der Waals surface area contributed by atoms with E-state index in [0.29, 0.717) is 11.5 Å². The normalized spacial score (nSPS) is 10.6. The summed E-state index contributed by atoms with van der Waals surface area (Å²) in [7, 11) is 1.67. The Morgan fingerprint density at radius 2 is 1.73 bits per heavy atom. The van der Waals surface area contributed by atoms with Crippen molar-refractivity contribution in [3.8, 4) is 5.69 Å². The molecule has 0 unspecified atom stereocenters. The standard InChI is InChI=1S/C22H20N6O2/c1-27-20(25-21(29)14-16-6-3-2-4-7-16)15-19(26-27)22(30)24-17-8-10-18(11-9-17)28-13-5-12-23-28/h2-13,15H,14H2,1H3,(H,24,30)(H,25,29). The molecule has 2 N–H and O–H groups in total. The van der Waals surface area contributed by atoms with Gasteiger partial charge < -0.3 is 10.6 Å². The number of amides is 2. The average Bonchev–Trinajstić information content (AvgIpc) is 3.40. The number of aryl methyl sites for hydroxylation is 1. The Bertz CT molecular complexity index is 1150. The highest BCUT2D eigenvalue weighted by atomic mass is 16.2. The zero-order chi connectivity index (χ0) is 20.9. The maximum absolute atomic E-state index is 12.6. The van der Waals surface area contributed by atoms with Crippen LogP contribution in [0.3, 0.4) is 0 Å². The summed E-state index contributed by atoms with van der Waals surface area (Å²) in [5.41, 5.74) is 2.65. The van der Waals surface area contributed by atoms with Crippen LogP contribution in [-0.4, -0.2) is 31.4 Å². The van der Waals surface area contributed by atoms with Gasteiger partial charge in [0.25, 0.3) is 5.91 Å². The number of benzene rings is 2. The van der Waals surface area contributed by atoms with Crippen molar-refractivity contribution in [2.45, 2.75) is 6.42 Å². The van der Waals surface area contributed by atoms with E-state index in [-0.39, 0.29) is 23.9 Å². The number of hydrogen-bond donors (Lipinski definition) is 2. The monoisotopic (exact) mass is 400 g/mol. The van der Waals surface area contributed by atoms with Crippen molar-refractivity contribution in [2.75, 3.05) is 10.6 Å². The van der Waals surface area contributed by atoms with Crippen LogP contribution in [0.2, 0.25) is 0 Å². The molecular formula is C22H20N6O2. The number of aromatic nitrogens is 4. The zero-order valence-electron chi connectivity index (χ0n) is 16.3. The molecule has 8 nitrogen and oxygen atoms in total. The molecule has 0 atom stereocenters. The Hall–Kier alpha value is -4.20. The van der Waals surface area contributed by atoms with Crippen LogP contribution in [0.5, 0.6) is 0 Å². The lowest BCUT2D eigenvalue weighted by Gasteiger charge is -2.05. The second-order valence-electron chi connectivity index (χ2n) is 6.70. The van der Waals surface area contributed by atoms with Crippen molar-refractivity contribution in [1.82, 2.24) is 19.6 Å². The second kappa shape index (κ2) is 8.44. The van der Waals surface area contributed by atoms with Gasteiger partial charge in [-0.2, -0.15) is 10.2 Å². The van der Waals surface area contributed by atoms with Crippen LogP contribution < -0.4 is 10.6 Å². The summed E-state index contributed by atoms with van der Waals surface area (Å²) in [5.74, 6) is -0.0820. The molecule has 0 saturated heterocycles. The Morgan fingerprint density at radius 1 is 0.967 bits per heavy atom. The van der Waals surface area contributed by atoms with E-state index in [9.17, 15) is 9.59 Å². The van der Waals surface area contributed by atoms with E-state index in [2.05, 4.69) is 20.8 Å². The predicted octanol–water partition coefficient (Wildman–Crippen LogP) is 3.04. The number of anilines is 2. The van der Waals surface area contributed by atoms with Gasteiger partial charge in [0.1, 0.15) is 5.82 Å². The molecule has 2 aromatic heterocycles. The molecule has 0 radical (unpaired) electrons. The summed E-state index contributed by atoms with van der Waals surface area (Å²) in [5, 5.41) is 14.0. The van der Waals surface area contributed by atoms with E-state index in [1.807, 2.05) is 54.7 Å². The van der Waals surface area contributed by atoms with Crippen LogP contribution in [-0.2, 0) is 18.3 Å². The van der Waals surface area contributed by atoms with Gasteiger partial charge in [-0.25, -0.2) is 4.68 Å². The minimum Gasteiger partial charge on any atom is -0.321 e. The zero-order valence-corrected chi connectivity index (χ0v) is 16.3. The number of rotatable bonds is 6. The van der Waals surface area contributed by atoms with Gasteiger partial charge >= 0.3 is 0 Å². The maximum atomic E-state index is 12.6. The second-order valence-corrected chi connectivity index (χ2v) is 6.70. The molecule has 4 rings (SSSR count). The van der Waals surface area contributed by atoms with E-state index in [1.54, 1.807) is 36.1 Å². The first-order valence-electron chi connectivity index (χ1n) is 9.38. The van der Waals surface area contributed by atoms with E-state index in [4.69, 9.17) is 0 Å². The summed E-state index contributed by atoms with van der Waals surface area (Å²) in [6, 6.07) is 20.1. The predicted molar refractivity (Wildman–Crippen MR) is 114 cm³/mol. The molecule has 0 bridgehead atoms. The van der Waals surface area contributed by atoms with Crippen LogP contribution in [0, 0.1) is 0 Å². The van der Waals surface area contributed by atoms with Gasteiger partial charge in [0, 0.05) is 31.2 Å². The number of nitrogens with one attached hydrogen (secondary N) is 2. The van der Waals surface area contributed by atoms with Gasteiger partial charge in [0.15, 0.2) is 5.69 Å². The summed E-state index contributed by atoms with van der Waals surface area (Å²) >= 11 is 0. The quantitative estimate of drug-likeness (QED) is 0.520. The Morgan fingerprint density at radius 3 is 2.43 bits per heavy atom. The van der Waals surface area contributed by atoms with Gasteiger partial charge in [0.2, 0.25) is 5.91 Å².